The third-order valence-electron chi connectivity index (χ3n) is 4.67. The van der Waals surface area contributed by atoms with E-state index in [1.54, 1.807) is 0 Å². The number of benzene rings is 2. The predicted molar refractivity (Wildman–Crippen MR) is 89.9 cm³/mol. The quantitative estimate of drug-likeness (QED) is 0.938. The first-order chi connectivity index (χ1) is 11.7. The van der Waals surface area contributed by atoms with Crippen LogP contribution >= 0.6 is 0 Å². The van der Waals surface area contributed by atoms with Gasteiger partial charge in [-0.1, -0.05) is 36.4 Å². The molecule has 2 heterocycles. The molecule has 0 spiro atoms. The number of fused-ring (bicyclic) bond motifs is 2. The van der Waals surface area contributed by atoms with Crippen LogP contribution in [-0.2, 0) is 17.8 Å². The highest BCUT2D eigenvalue weighted by atomic mass is 16.6. The fraction of sp³-hybridized carbons (Fsp3) is 0.316. The van der Waals surface area contributed by atoms with Crippen molar-refractivity contribution in [3.63, 3.8) is 0 Å². The Morgan fingerprint density at radius 3 is 2.83 bits per heavy atom. The Morgan fingerprint density at radius 1 is 1.12 bits per heavy atom. The van der Waals surface area contributed by atoms with Gasteiger partial charge in [-0.05, 0) is 23.6 Å². The Bertz CT molecular complexity index is 775. The van der Waals surface area contributed by atoms with Crippen LogP contribution in [0.5, 0.6) is 11.5 Å². The maximum absolute atomic E-state index is 12.1. The fourth-order valence-corrected chi connectivity index (χ4v) is 3.60. The molecule has 124 valence electrons. The van der Waals surface area contributed by atoms with E-state index in [0.29, 0.717) is 19.8 Å². The number of rotatable bonds is 3. The van der Waals surface area contributed by atoms with Crippen LogP contribution in [0.4, 0.5) is 0 Å². The molecule has 0 aromatic heterocycles. The van der Waals surface area contributed by atoms with Crippen LogP contribution in [0.3, 0.4) is 0 Å². The van der Waals surface area contributed by atoms with Gasteiger partial charge in [0.05, 0.1) is 0 Å². The lowest BCUT2D eigenvalue weighted by Crippen LogP contribution is -2.42. The molecule has 1 amide bonds. The van der Waals surface area contributed by atoms with Gasteiger partial charge in [-0.3, -0.25) is 9.69 Å². The van der Waals surface area contributed by atoms with Crippen molar-refractivity contribution in [3.05, 3.63) is 59.2 Å². The number of para-hydroxylation sites is 1. The average molecular weight is 324 g/mol. The van der Waals surface area contributed by atoms with Crippen LogP contribution in [0.25, 0.3) is 0 Å². The largest absolute Gasteiger partial charge is 0.486 e. The van der Waals surface area contributed by atoms with Gasteiger partial charge in [-0.15, -0.1) is 0 Å². The minimum absolute atomic E-state index is 0.316. The number of amides is 1. The Morgan fingerprint density at radius 2 is 1.96 bits per heavy atom. The zero-order valence-corrected chi connectivity index (χ0v) is 13.4. The van der Waals surface area contributed by atoms with Crippen molar-refractivity contribution < 1.29 is 14.3 Å². The van der Waals surface area contributed by atoms with E-state index >= 15 is 0 Å². The van der Waals surface area contributed by atoms with Crippen molar-refractivity contribution in [2.75, 3.05) is 19.8 Å². The van der Waals surface area contributed by atoms with Crippen molar-refractivity contribution in [2.45, 2.75) is 19.0 Å². The summed E-state index contributed by atoms with van der Waals surface area (Å²) >= 11 is 0. The van der Waals surface area contributed by atoms with E-state index in [0.717, 1.165) is 35.6 Å². The molecule has 2 aliphatic heterocycles. The molecule has 4 rings (SSSR count). The van der Waals surface area contributed by atoms with E-state index in [1.807, 2.05) is 36.4 Å². The van der Waals surface area contributed by atoms with Gasteiger partial charge in [0.15, 0.2) is 11.5 Å². The van der Waals surface area contributed by atoms with Crippen molar-refractivity contribution in [3.8, 4) is 11.5 Å². The molecule has 2 aromatic carbocycles. The van der Waals surface area contributed by atoms with Crippen LogP contribution in [0, 0.1) is 0 Å². The molecule has 2 aromatic rings. The first kappa shape index (κ1) is 15.0. The summed E-state index contributed by atoms with van der Waals surface area (Å²) in [6.45, 7) is 2.51. The second-order valence-corrected chi connectivity index (χ2v) is 6.17. The zero-order valence-electron chi connectivity index (χ0n) is 13.4. The summed E-state index contributed by atoms with van der Waals surface area (Å²) in [4.78, 5) is 14.3. The Balaban J connectivity index is 1.66. The molecule has 2 N–H and O–H groups in total. The van der Waals surface area contributed by atoms with Gasteiger partial charge < -0.3 is 15.2 Å². The number of nitrogens with zero attached hydrogens (tertiary/aromatic N) is 1. The predicted octanol–water partition coefficient (Wildman–Crippen LogP) is 2.04. The minimum atomic E-state index is -0.407. The number of nitrogens with two attached hydrogens (primary N) is 1. The summed E-state index contributed by atoms with van der Waals surface area (Å²) in [5.41, 5.74) is 8.97. The van der Waals surface area contributed by atoms with E-state index < -0.39 is 6.04 Å². The van der Waals surface area contributed by atoms with Crippen LogP contribution in [0.15, 0.2) is 42.5 Å². The molecule has 0 bridgehead atoms. The third kappa shape index (κ3) is 2.61. The molecule has 2 aliphatic rings. The maximum atomic E-state index is 12.1. The second kappa shape index (κ2) is 6.17. The Labute approximate surface area is 141 Å². The Hall–Kier alpha value is -2.53. The molecule has 0 saturated heterocycles. The highest BCUT2D eigenvalue weighted by Gasteiger charge is 2.32. The molecule has 24 heavy (non-hydrogen) atoms. The van der Waals surface area contributed by atoms with E-state index in [1.165, 1.54) is 5.56 Å². The van der Waals surface area contributed by atoms with E-state index in [-0.39, 0.29) is 5.91 Å². The molecule has 1 atom stereocenters. The highest BCUT2D eigenvalue weighted by Crippen LogP contribution is 2.37. The van der Waals surface area contributed by atoms with Crippen LogP contribution in [-0.4, -0.2) is 30.6 Å². The molecule has 0 fully saturated rings. The monoisotopic (exact) mass is 324 g/mol. The molecule has 5 heteroatoms. The van der Waals surface area contributed by atoms with Crippen LogP contribution in [0.1, 0.15) is 22.7 Å². The van der Waals surface area contributed by atoms with Gasteiger partial charge in [0.2, 0.25) is 5.91 Å². The first-order valence-corrected chi connectivity index (χ1v) is 8.22. The number of carbonyl (C=O) groups is 1. The van der Waals surface area contributed by atoms with Crippen molar-refractivity contribution in [1.82, 2.24) is 4.90 Å². The lowest BCUT2D eigenvalue weighted by atomic mass is 9.91. The summed E-state index contributed by atoms with van der Waals surface area (Å²) in [6.07, 6.45) is 0.909. The molecule has 1 unspecified atom stereocenters. The average Bonchev–Trinajstić information content (AvgIpc) is 2.61. The third-order valence-corrected chi connectivity index (χ3v) is 4.67. The molecular weight excluding hydrogens is 304 g/mol. The number of hydrogen-bond acceptors (Lipinski definition) is 4. The lowest BCUT2D eigenvalue weighted by molar-refractivity contribution is -0.124. The second-order valence-electron chi connectivity index (χ2n) is 6.17. The zero-order chi connectivity index (χ0) is 16.5. The van der Waals surface area contributed by atoms with Crippen LogP contribution in [0.2, 0.25) is 0 Å². The van der Waals surface area contributed by atoms with Gasteiger partial charge in [-0.2, -0.15) is 0 Å². The number of ether oxygens (including phenoxy) is 2. The summed E-state index contributed by atoms with van der Waals surface area (Å²) in [7, 11) is 0. The summed E-state index contributed by atoms with van der Waals surface area (Å²) in [5, 5.41) is 0. The van der Waals surface area contributed by atoms with Crippen LogP contribution < -0.4 is 15.2 Å². The van der Waals surface area contributed by atoms with Gasteiger partial charge in [-0.25, -0.2) is 0 Å². The summed E-state index contributed by atoms with van der Waals surface area (Å²) in [6, 6.07) is 13.5. The SMILES string of the molecule is NC(=O)C1c2ccccc2CCN1Cc1cccc2c1OCCO2. The smallest absolute Gasteiger partial charge is 0.239 e. The first-order valence-electron chi connectivity index (χ1n) is 8.22. The molecule has 5 nitrogen and oxygen atoms in total. The lowest BCUT2D eigenvalue weighted by Gasteiger charge is -2.36. The minimum Gasteiger partial charge on any atom is -0.486 e. The maximum Gasteiger partial charge on any atom is 0.239 e. The van der Waals surface area contributed by atoms with E-state index in [4.69, 9.17) is 15.2 Å². The summed E-state index contributed by atoms with van der Waals surface area (Å²) < 4.78 is 11.4. The van der Waals surface area contributed by atoms with Gasteiger partial charge in [0.25, 0.3) is 0 Å². The topological polar surface area (TPSA) is 64.8 Å². The van der Waals surface area contributed by atoms with Crippen molar-refractivity contribution in [1.29, 1.82) is 0 Å². The molecule has 0 saturated carbocycles. The standard InChI is InChI=1S/C19H20N2O3/c20-19(22)17-15-6-2-1-4-13(15)8-9-21(17)12-14-5-3-7-16-18(14)24-11-10-23-16/h1-7,17H,8-12H2,(H2,20,22). The van der Waals surface area contributed by atoms with Crippen molar-refractivity contribution in [2.24, 2.45) is 5.73 Å². The number of primary amides is 1. The summed E-state index contributed by atoms with van der Waals surface area (Å²) in [5.74, 6) is 1.24. The highest BCUT2D eigenvalue weighted by molar-refractivity contribution is 5.82. The number of carbonyl (C=O) groups excluding carboxylic acids is 1. The Kier molecular flexibility index (Phi) is 3.86. The molecular formula is C19H20N2O3. The number of hydrogen-bond donors (Lipinski definition) is 1. The fourth-order valence-electron chi connectivity index (χ4n) is 3.60. The van der Waals surface area contributed by atoms with Gasteiger partial charge in [0, 0.05) is 18.7 Å². The molecule has 0 aliphatic carbocycles. The molecule has 0 radical (unpaired) electrons. The normalized spacial score (nSPS) is 19.6. The van der Waals surface area contributed by atoms with Gasteiger partial charge in [0.1, 0.15) is 19.3 Å². The van der Waals surface area contributed by atoms with Gasteiger partial charge >= 0.3 is 0 Å². The van der Waals surface area contributed by atoms with Crippen molar-refractivity contribution >= 4 is 5.91 Å². The van der Waals surface area contributed by atoms with E-state index in [2.05, 4.69) is 11.0 Å². The van der Waals surface area contributed by atoms with E-state index in [9.17, 15) is 4.79 Å².